The van der Waals surface area contributed by atoms with Gasteiger partial charge in [0.05, 0.1) is 0 Å². The van der Waals surface area contributed by atoms with Crippen LogP contribution in [-0.2, 0) is 14.4 Å². The number of halogens is 1. The van der Waals surface area contributed by atoms with E-state index < -0.39 is 6.04 Å². The van der Waals surface area contributed by atoms with Crippen LogP contribution in [-0.4, -0.2) is 66.3 Å². The van der Waals surface area contributed by atoms with Crippen molar-refractivity contribution in [3.63, 3.8) is 0 Å². The summed E-state index contributed by atoms with van der Waals surface area (Å²) in [7, 11) is 0. The van der Waals surface area contributed by atoms with Crippen LogP contribution in [0.2, 0.25) is 0 Å². The van der Waals surface area contributed by atoms with Crippen LogP contribution in [0.15, 0.2) is 24.3 Å². The van der Waals surface area contributed by atoms with Gasteiger partial charge < -0.3 is 19.9 Å². The summed E-state index contributed by atoms with van der Waals surface area (Å²) in [6, 6.07) is 5.04. The maximum absolute atomic E-state index is 12.8. The average molecular weight is 349 g/mol. The van der Waals surface area contributed by atoms with Crippen LogP contribution in [0.3, 0.4) is 0 Å². The Hall–Kier alpha value is -2.64. The summed E-state index contributed by atoms with van der Waals surface area (Å²) in [5.41, 5.74) is 0. The first kappa shape index (κ1) is 17.2. The number of ether oxygens (including phenoxy) is 1. The monoisotopic (exact) mass is 349 g/mol. The lowest BCUT2D eigenvalue weighted by Crippen LogP contribution is -2.55. The second kappa shape index (κ2) is 7.50. The summed E-state index contributed by atoms with van der Waals surface area (Å²) in [6.45, 7) is 1.61. The highest BCUT2D eigenvalue weighted by Gasteiger charge is 2.32. The number of nitrogens with zero attached hydrogens (tertiary/aromatic N) is 2. The molecule has 25 heavy (non-hydrogen) atoms. The van der Waals surface area contributed by atoms with Crippen molar-refractivity contribution < 1.29 is 23.5 Å². The smallest absolute Gasteiger partial charge is 0.260 e. The van der Waals surface area contributed by atoms with E-state index in [0.717, 1.165) is 0 Å². The molecule has 134 valence electrons. The summed E-state index contributed by atoms with van der Waals surface area (Å²) in [4.78, 5) is 39.0. The summed E-state index contributed by atoms with van der Waals surface area (Å²) < 4.78 is 18.2. The standard InChI is InChI=1S/C17H20FN3O4/c18-12-1-3-13(4-2-12)25-11-16(23)20-7-9-21(10-8-20)17(24)14-5-6-15(22)19-14/h1-4,14H,5-11H2,(H,19,22). The van der Waals surface area contributed by atoms with Crippen LogP contribution in [0.25, 0.3) is 0 Å². The molecule has 2 heterocycles. The molecular formula is C17H20FN3O4. The summed E-state index contributed by atoms with van der Waals surface area (Å²) in [5.74, 6) is -0.283. The molecule has 2 aliphatic rings. The predicted molar refractivity (Wildman–Crippen MR) is 86.2 cm³/mol. The van der Waals surface area contributed by atoms with Gasteiger partial charge in [0.2, 0.25) is 11.8 Å². The molecule has 0 spiro atoms. The molecule has 1 aromatic rings. The number of rotatable bonds is 4. The average Bonchev–Trinajstić information content (AvgIpc) is 3.07. The Kier molecular flexibility index (Phi) is 5.16. The van der Waals surface area contributed by atoms with E-state index in [9.17, 15) is 18.8 Å². The minimum absolute atomic E-state index is 0.0829. The predicted octanol–water partition coefficient (Wildman–Crippen LogP) is 0.154. The number of carbonyl (C=O) groups is 3. The second-order valence-corrected chi connectivity index (χ2v) is 6.11. The minimum Gasteiger partial charge on any atom is -0.484 e. The third-order valence-electron chi connectivity index (χ3n) is 4.41. The van der Waals surface area contributed by atoms with Crippen LogP contribution in [0.4, 0.5) is 4.39 Å². The number of piperazine rings is 1. The molecule has 7 nitrogen and oxygen atoms in total. The fourth-order valence-electron chi connectivity index (χ4n) is 2.96. The van der Waals surface area contributed by atoms with E-state index in [1.54, 1.807) is 9.80 Å². The van der Waals surface area contributed by atoms with E-state index in [-0.39, 0.29) is 30.1 Å². The summed E-state index contributed by atoms with van der Waals surface area (Å²) >= 11 is 0. The molecule has 1 unspecified atom stereocenters. The van der Waals surface area contributed by atoms with Crippen LogP contribution in [0, 0.1) is 5.82 Å². The molecule has 8 heteroatoms. The number of hydrogen-bond acceptors (Lipinski definition) is 4. The van der Waals surface area contributed by atoms with Gasteiger partial charge in [0.25, 0.3) is 5.91 Å². The Balaban J connectivity index is 1.43. The topological polar surface area (TPSA) is 79.0 Å². The zero-order valence-corrected chi connectivity index (χ0v) is 13.7. The van der Waals surface area contributed by atoms with Crippen molar-refractivity contribution in [1.82, 2.24) is 15.1 Å². The lowest BCUT2D eigenvalue weighted by molar-refractivity contribution is -0.141. The molecule has 2 aliphatic heterocycles. The quantitative estimate of drug-likeness (QED) is 0.840. The number of carbonyl (C=O) groups excluding carboxylic acids is 3. The number of nitrogens with one attached hydrogen (secondary N) is 1. The normalized spacial score (nSPS) is 20.4. The van der Waals surface area contributed by atoms with Crippen molar-refractivity contribution in [2.75, 3.05) is 32.8 Å². The molecule has 0 bridgehead atoms. The van der Waals surface area contributed by atoms with E-state index in [0.29, 0.717) is 44.8 Å². The van der Waals surface area contributed by atoms with E-state index in [1.165, 1.54) is 24.3 Å². The molecule has 1 atom stereocenters. The Morgan fingerprint density at radius 3 is 2.36 bits per heavy atom. The highest BCUT2D eigenvalue weighted by atomic mass is 19.1. The van der Waals surface area contributed by atoms with Crippen molar-refractivity contribution in [2.24, 2.45) is 0 Å². The van der Waals surface area contributed by atoms with Gasteiger partial charge in [-0.2, -0.15) is 0 Å². The summed E-state index contributed by atoms with van der Waals surface area (Å²) in [6.07, 6.45) is 0.915. The Bertz CT molecular complexity index is 656. The zero-order chi connectivity index (χ0) is 17.8. The summed E-state index contributed by atoms with van der Waals surface area (Å²) in [5, 5.41) is 2.67. The lowest BCUT2D eigenvalue weighted by atomic mass is 10.2. The van der Waals surface area contributed by atoms with Gasteiger partial charge in [-0.1, -0.05) is 0 Å². The number of hydrogen-bond donors (Lipinski definition) is 1. The van der Waals surface area contributed by atoms with Gasteiger partial charge in [-0.3, -0.25) is 14.4 Å². The van der Waals surface area contributed by atoms with Crippen molar-refractivity contribution in [3.05, 3.63) is 30.1 Å². The largest absolute Gasteiger partial charge is 0.484 e. The van der Waals surface area contributed by atoms with E-state index >= 15 is 0 Å². The van der Waals surface area contributed by atoms with Gasteiger partial charge >= 0.3 is 0 Å². The van der Waals surface area contributed by atoms with Gasteiger partial charge in [0, 0.05) is 32.6 Å². The fourth-order valence-corrected chi connectivity index (χ4v) is 2.96. The fraction of sp³-hybridized carbons (Fsp3) is 0.471. The van der Waals surface area contributed by atoms with Crippen molar-refractivity contribution in [1.29, 1.82) is 0 Å². The molecule has 1 N–H and O–H groups in total. The number of benzene rings is 1. The van der Waals surface area contributed by atoms with Gasteiger partial charge in [0.1, 0.15) is 17.6 Å². The minimum atomic E-state index is -0.434. The molecular weight excluding hydrogens is 329 g/mol. The van der Waals surface area contributed by atoms with Crippen LogP contribution >= 0.6 is 0 Å². The maximum atomic E-state index is 12.8. The molecule has 0 aliphatic carbocycles. The highest BCUT2D eigenvalue weighted by Crippen LogP contribution is 2.13. The van der Waals surface area contributed by atoms with E-state index in [2.05, 4.69) is 5.32 Å². The SMILES string of the molecule is O=C1CCC(C(=O)N2CCN(C(=O)COc3ccc(F)cc3)CC2)N1. The van der Waals surface area contributed by atoms with Crippen LogP contribution in [0.1, 0.15) is 12.8 Å². The van der Waals surface area contributed by atoms with Crippen LogP contribution in [0.5, 0.6) is 5.75 Å². The maximum Gasteiger partial charge on any atom is 0.260 e. The molecule has 3 rings (SSSR count). The molecule has 0 aromatic heterocycles. The third-order valence-corrected chi connectivity index (χ3v) is 4.41. The molecule has 0 radical (unpaired) electrons. The van der Waals surface area contributed by atoms with Crippen LogP contribution < -0.4 is 10.1 Å². The molecule has 2 fully saturated rings. The molecule has 0 saturated carbocycles. The van der Waals surface area contributed by atoms with Gasteiger partial charge in [0.15, 0.2) is 6.61 Å². The van der Waals surface area contributed by atoms with Gasteiger partial charge in [-0.25, -0.2) is 4.39 Å². The Morgan fingerprint density at radius 1 is 1.12 bits per heavy atom. The first-order valence-corrected chi connectivity index (χ1v) is 8.27. The van der Waals surface area contributed by atoms with E-state index in [1.807, 2.05) is 0 Å². The molecule has 2 saturated heterocycles. The van der Waals surface area contributed by atoms with Crippen molar-refractivity contribution in [2.45, 2.75) is 18.9 Å². The second-order valence-electron chi connectivity index (χ2n) is 6.11. The van der Waals surface area contributed by atoms with Gasteiger partial charge in [-0.05, 0) is 30.7 Å². The Morgan fingerprint density at radius 2 is 1.76 bits per heavy atom. The Labute approximate surface area is 144 Å². The van der Waals surface area contributed by atoms with Gasteiger partial charge in [-0.15, -0.1) is 0 Å². The van der Waals surface area contributed by atoms with Crippen molar-refractivity contribution in [3.8, 4) is 5.75 Å². The third kappa shape index (κ3) is 4.26. The molecule has 1 aromatic carbocycles. The molecule has 3 amide bonds. The highest BCUT2D eigenvalue weighted by molar-refractivity contribution is 5.91. The first-order valence-electron chi connectivity index (χ1n) is 8.27. The lowest BCUT2D eigenvalue weighted by Gasteiger charge is -2.35. The van der Waals surface area contributed by atoms with Crippen molar-refractivity contribution >= 4 is 17.7 Å². The zero-order valence-electron chi connectivity index (χ0n) is 13.7. The van der Waals surface area contributed by atoms with E-state index in [4.69, 9.17) is 4.74 Å². The number of amides is 3. The first-order chi connectivity index (χ1) is 12.0.